The molecule has 0 saturated heterocycles. The Bertz CT molecular complexity index is 849. The van der Waals surface area contributed by atoms with Crippen molar-refractivity contribution in [1.82, 2.24) is 9.97 Å². The molecule has 2 heterocycles. The summed E-state index contributed by atoms with van der Waals surface area (Å²) in [7, 11) is 4.05. The van der Waals surface area contributed by atoms with Gasteiger partial charge in [-0.05, 0) is 37.1 Å². The summed E-state index contributed by atoms with van der Waals surface area (Å²) in [6.07, 6.45) is 3.36. The van der Waals surface area contributed by atoms with Crippen molar-refractivity contribution in [2.24, 2.45) is 5.10 Å². The zero-order valence-electron chi connectivity index (χ0n) is 13.7. The van der Waals surface area contributed by atoms with Crippen molar-refractivity contribution in [3.63, 3.8) is 0 Å². The zero-order chi connectivity index (χ0) is 16.4. The summed E-state index contributed by atoms with van der Waals surface area (Å²) in [5, 5.41) is 5.36. The molecule has 3 aromatic rings. The molecule has 0 spiro atoms. The molecule has 3 rings (SSSR count). The van der Waals surface area contributed by atoms with Gasteiger partial charge in [0.25, 0.3) is 0 Å². The van der Waals surface area contributed by atoms with E-state index in [1.807, 2.05) is 26.2 Å². The number of nitrogens with zero attached hydrogens (tertiary/aromatic N) is 4. The van der Waals surface area contributed by atoms with Crippen LogP contribution in [-0.4, -0.2) is 30.3 Å². The normalized spacial score (nSPS) is 11.3. The van der Waals surface area contributed by atoms with E-state index in [-0.39, 0.29) is 0 Å². The van der Waals surface area contributed by atoms with Crippen LogP contribution in [0.2, 0.25) is 0 Å². The molecule has 6 heteroatoms. The molecule has 0 bridgehead atoms. The van der Waals surface area contributed by atoms with Gasteiger partial charge in [-0.2, -0.15) is 5.10 Å². The van der Waals surface area contributed by atoms with Crippen molar-refractivity contribution in [2.45, 2.75) is 13.8 Å². The summed E-state index contributed by atoms with van der Waals surface area (Å²) in [5.74, 6) is 0.748. The van der Waals surface area contributed by atoms with Crippen molar-refractivity contribution < 1.29 is 0 Å². The predicted octanol–water partition coefficient (Wildman–Crippen LogP) is 3.82. The fraction of sp³-hybridized carbons (Fsp3) is 0.235. The Morgan fingerprint density at radius 2 is 1.87 bits per heavy atom. The van der Waals surface area contributed by atoms with Crippen LogP contribution in [0, 0.1) is 13.8 Å². The molecule has 0 aliphatic heterocycles. The second kappa shape index (κ2) is 6.34. The van der Waals surface area contributed by atoms with Gasteiger partial charge in [0.1, 0.15) is 11.2 Å². The van der Waals surface area contributed by atoms with E-state index in [4.69, 9.17) is 0 Å². The first kappa shape index (κ1) is 15.4. The topological polar surface area (TPSA) is 53.4 Å². The van der Waals surface area contributed by atoms with E-state index in [1.165, 1.54) is 10.4 Å². The molecule has 1 N–H and O–H groups in total. The highest BCUT2D eigenvalue weighted by molar-refractivity contribution is 7.18. The maximum atomic E-state index is 4.33. The number of nitrogens with one attached hydrogen (secondary N) is 1. The lowest BCUT2D eigenvalue weighted by atomic mass is 10.2. The largest absolute Gasteiger partial charge is 0.378 e. The molecule has 23 heavy (non-hydrogen) atoms. The molecule has 0 aliphatic carbocycles. The average Bonchev–Trinajstić information content (AvgIpc) is 2.83. The number of aryl methyl sites for hydroxylation is 2. The van der Waals surface area contributed by atoms with Crippen molar-refractivity contribution in [3.8, 4) is 0 Å². The van der Waals surface area contributed by atoms with Gasteiger partial charge in [-0.25, -0.2) is 9.97 Å². The Morgan fingerprint density at radius 1 is 1.13 bits per heavy atom. The van der Waals surface area contributed by atoms with Crippen molar-refractivity contribution in [3.05, 3.63) is 46.6 Å². The highest BCUT2D eigenvalue weighted by Gasteiger charge is 2.11. The Kier molecular flexibility index (Phi) is 4.25. The van der Waals surface area contributed by atoms with E-state index in [1.54, 1.807) is 23.9 Å². The Balaban J connectivity index is 1.80. The van der Waals surface area contributed by atoms with E-state index >= 15 is 0 Å². The fourth-order valence-corrected chi connectivity index (χ4v) is 3.29. The van der Waals surface area contributed by atoms with Crippen LogP contribution >= 0.6 is 11.3 Å². The van der Waals surface area contributed by atoms with Crippen LogP contribution < -0.4 is 10.3 Å². The number of rotatable bonds is 4. The summed E-state index contributed by atoms with van der Waals surface area (Å²) >= 11 is 1.68. The van der Waals surface area contributed by atoms with Gasteiger partial charge in [-0.1, -0.05) is 12.1 Å². The maximum Gasteiger partial charge on any atom is 0.158 e. The van der Waals surface area contributed by atoms with Crippen molar-refractivity contribution in [1.29, 1.82) is 0 Å². The first-order valence-electron chi connectivity index (χ1n) is 7.33. The van der Waals surface area contributed by atoms with Crippen LogP contribution in [0.3, 0.4) is 0 Å². The first-order chi connectivity index (χ1) is 11.1. The maximum absolute atomic E-state index is 4.33. The molecule has 0 unspecified atom stereocenters. The zero-order valence-corrected chi connectivity index (χ0v) is 14.5. The van der Waals surface area contributed by atoms with Gasteiger partial charge in [-0.3, -0.25) is 5.43 Å². The molecule has 1 aromatic carbocycles. The second-order valence-corrected chi connectivity index (χ2v) is 6.74. The number of benzene rings is 1. The van der Waals surface area contributed by atoms with E-state index in [0.29, 0.717) is 0 Å². The number of fused-ring (bicyclic) bond motifs is 1. The minimum Gasteiger partial charge on any atom is -0.378 e. The van der Waals surface area contributed by atoms with Crippen LogP contribution in [0.15, 0.2) is 35.7 Å². The van der Waals surface area contributed by atoms with Gasteiger partial charge >= 0.3 is 0 Å². The minimum atomic E-state index is 0.748. The molecule has 118 valence electrons. The standard InChI is InChI=1S/C17H19N5S/c1-11-12(2)23-17-15(11)16(18-10-19-17)21-20-9-13-5-7-14(8-6-13)22(3)4/h5-10H,1-4H3,(H,18,19,21)/b20-9+. The van der Waals surface area contributed by atoms with E-state index in [2.05, 4.69) is 51.4 Å². The van der Waals surface area contributed by atoms with Crippen LogP contribution in [0.1, 0.15) is 16.0 Å². The molecule has 0 radical (unpaired) electrons. The Labute approximate surface area is 139 Å². The number of hydrogen-bond acceptors (Lipinski definition) is 6. The van der Waals surface area contributed by atoms with Crippen LogP contribution in [0.4, 0.5) is 11.5 Å². The molecule has 0 amide bonds. The highest BCUT2D eigenvalue weighted by atomic mass is 32.1. The molecule has 0 aliphatic rings. The summed E-state index contributed by atoms with van der Waals surface area (Å²) in [4.78, 5) is 13.0. The van der Waals surface area contributed by atoms with Gasteiger partial charge in [0.15, 0.2) is 5.82 Å². The van der Waals surface area contributed by atoms with E-state index in [0.717, 1.165) is 27.3 Å². The molecule has 0 atom stereocenters. The van der Waals surface area contributed by atoms with Gasteiger partial charge < -0.3 is 4.90 Å². The number of hydrogen-bond donors (Lipinski definition) is 1. The molecule has 2 aromatic heterocycles. The summed E-state index contributed by atoms with van der Waals surface area (Å²) in [6.45, 7) is 4.19. The summed E-state index contributed by atoms with van der Waals surface area (Å²) in [6, 6.07) is 8.21. The third kappa shape index (κ3) is 3.17. The average molecular weight is 325 g/mol. The van der Waals surface area contributed by atoms with Gasteiger partial charge in [0.05, 0.1) is 11.6 Å². The molecular weight excluding hydrogens is 306 g/mol. The van der Waals surface area contributed by atoms with Crippen LogP contribution in [0.25, 0.3) is 10.2 Å². The highest BCUT2D eigenvalue weighted by Crippen LogP contribution is 2.32. The molecular formula is C17H19N5S. The molecule has 0 fully saturated rings. The third-order valence-corrected chi connectivity index (χ3v) is 4.87. The SMILES string of the molecule is Cc1sc2ncnc(N/N=C/c3ccc(N(C)C)cc3)c2c1C. The quantitative estimate of drug-likeness (QED) is 0.585. The van der Waals surface area contributed by atoms with E-state index in [9.17, 15) is 0 Å². The second-order valence-electron chi connectivity index (χ2n) is 5.54. The Morgan fingerprint density at radius 3 is 2.57 bits per heavy atom. The Hall–Kier alpha value is -2.47. The first-order valence-corrected chi connectivity index (χ1v) is 8.15. The number of aromatic nitrogens is 2. The van der Waals surface area contributed by atoms with Gasteiger partial charge in [0, 0.05) is 24.7 Å². The van der Waals surface area contributed by atoms with Crippen molar-refractivity contribution >= 4 is 39.3 Å². The number of hydrazone groups is 1. The minimum absolute atomic E-state index is 0.748. The monoisotopic (exact) mass is 325 g/mol. The lowest BCUT2D eigenvalue weighted by Gasteiger charge is -2.11. The van der Waals surface area contributed by atoms with Crippen LogP contribution in [0.5, 0.6) is 0 Å². The molecule has 0 saturated carbocycles. The number of anilines is 2. The smallest absolute Gasteiger partial charge is 0.158 e. The van der Waals surface area contributed by atoms with E-state index < -0.39 is 0 Å². The van der Waals surface area contributed by atoms with Gasteiger partial charge in [-0.15, -0.1) is 11.3 Å². The van der Waals surface area contributed by atoms with Crippen LogP contribution in [-0.2, 0) is 0 Å². The summed E-state index contributed by atoms with van der Waals surface area (Å²) < 4.78 is 0. The van der Waals surface area contributed by atoms with Crippen molar-refractivity contribution in [2.75, 3.05) is 24.4 Å². The lowest BCUT2D eigenvalue weighted by molar-refractivity contribution is 1.13. The molecule has 5 nitrogen and oxygen atoms in total. The third-order valence-electron chi connectivity index (χ3n) is 3.76. The predicted molar refractivity (Wildman–Crippen MR) is 98.9 cm³/mol. The van der Waals surface area contributed by atoms with Gasteiger partial charge in [0.2, 0.25) is 0 Å². The number of thiophene rings is 1. The lowest BCUT2D eigenvalue weighted by Crippen LogP contribution is -2.08. The fourth-order valence-electron chi connectivity index (χ4n) is 2.29. The summed E-state index contributed by atoms with van der Waals surface area (Å²) in [5.41, 5.74) is 6.45.